The molecule has 1 aliphatic heterocycles. The van der Waals surface area contributed by atoms with E-state index in [9.17, 15) is 4.79 Å². The molecule has 5 heteroatoms. The number of carbonyl (C=O) groups is 1. The number of hydrogen-bond acceptors (Lipinski definition) is 4. The van der Waals surface area contributed by atoms with E-state index in [1.54, 1.807) is 7.11 Å². The van der Waals surface area contributed by atoms with Crippen LogP contribution in [-0.2, 0) is 4.79 Å². The van der Waals surface area contributed by atoms with Gasteiger partial charge in [0.05, 0.1) is 13.2 Å². The highest BCUT2D eigenvalue weighted by atomic mass is 16.5. The van der Waals surface area contributed by atoms with E-state index < -0.39 is 6.10 Å². The summed E-state index contributed by atoms with van der Waals surface area (Å²) in [5.74, 6) is 1.45. The van der Waals surface area contributed by atoms with E-state index in [2.05, 4.69) is 53.4 Å². The Morgan fingerprint density at radius 1 is 0.750 bits per heavy atom. The van der Waals surface area contributed by atoms with Gasteiger partial charge in [-0.1, -0.05) is 60.7 Å². The zero-order chi connectivity index (χ0) is 22.3. The summed E-state index contributed by atoms with van der Waals surface area (Å²) in [7, 11) is 1.63. The van der Waals surface area contributed by atoms with Crippen LogP contribution in [0.5, 0.6) is 11.5 Å². The predicted molar refractivity (Wildman–Crippen MR) is 126 cm³/mol. The third-order valence-electron chi connectivity index (χ3n) is 5.94. The summed E-state index contributed by atoms with van der Waals surface area (Å²) < 4.78 is 11.1. The average Bonchev–Trinajstić information content (AvgIpc) is 2.86. The third kappa shape index (κ3) is 5.11. The fraction of sp³-hybridized carbons (Fsp3) is 0.296. The second-order valence-corrected chi connectivity index (χ2v) is 8.02. The fourth-order valence-electron chi connectivity index (χ4n) is 4.25. The quantitative estimate of drug-likeness (QED) is 0.557. The van der Waals surface area contributed by atoms with Crippen LogP contribution >= 0.6 is 0 Å². The van der Waals surface area contributed by atoms with E-state index >= 15 is 0 Å². The fourth-order valence-corrected chi connectivity index (χ4v) is 4.25. The normalized spacial score (nSPS) is 15.4. The Morgan fingerprint density at radius 2 is 1.25 bits per heavy atom. The second-order valence-electron chi connectivity index (χ2n) is 8.02. The number of carbonyl (C=O) groups excluding carboxylic acids is 1. The topological polar surface area (TPSA) is 42.0 Å². The number of nitrogens with zero attached hydrogens (tertiary/aromatic N) is 2. The van der Waals surface area contributed by atoms with Crippen molar-refractivity contribution in [1.29, 1.82) is 0 Å². The van der Waals surface area contributed by atoms with Crippen molar-refractivity contribution in [3.63, 3.8) is 0 Å². The number of rotatable bonds is 7. The van der Waals surface area contributed by atoms with Gasteiger partial charge in [-0.15, -0.1) is 0 Å². The summed E-state index contributed by atoms with van der Waals surface area (Å²) in [5, 5.41) is 0. The van der Waals surface area contributed by atoms with Gasteiger partial charge in [0.25, 0.3) is 5.91 Å². The lowest BCUT2D eigenvalue weighted by molar-refractivity contribution is -0.140. The zero-order valence-corrected chi connectivity index (χ0v) is 18.7. The molecule has 1 atom stereocenters. The minimum absolute atomic E-state index is 0.0245. The molecule has 0 unspecified atom stereocenters. The summed E-state index contributed by atoms with van der Waals surface area (Å²) in [5.41, 5.74) is 2.55. The maximum absolute atomic E-state index is 13.0. The van der Waals surface area contributed by atoms with Crippen LogP contribution < -0.4 is 9.47 Å². The van der Waals surface area contributed by atoms with Gasteiger partial charge in [0.1, 0.15) is 11.5 Å². The van der Waals surface area contributed by atoms with Gasteiger partial charge in [-0.2, -0.15) is 0 Å². The van der Waals surface area contributed by atoms with Crippen molar-refractivity contribution in [3.05, 3.63) is 96.1 Å². The van der Waals surface area contributed by atoms with Gasteiger partial charge in [-0.25, -0.2) is 0 Å². The number of piperazine rings is 1. The van der Waals surface area contributed by atoms with Gasteiger partial charge in [-0.05, 0) is 42.3 Å². The van der Waals surface area contributed by atoms with E-state index in [1.165, 1.54) is 11.1 Å². The van der Waals surface area contributed by atoms with Crippen LogP contribution in [-0.4, -0.2) is 55.1 Å². The zero-order valence-electron chi connectivity index (χ0n) is 18.7. The van der Waals surface area contributed by atoms with Crippen LogP contribution in [0.3, 0.4) is 0 Å². The van der Waals surface area contributed by atoms with Crippen molar-refractivity contribution >= 4 is 5.91 Å². The summed E-state index contributed by atoms with van der Waals surface area (Å²) in [6.45, 7) is 4.82. The van der Waals surface area contributed by atoms with Crippen molar-refractivity contribution in [2.75, 3.05) is 33.3 Å². The lowest BCUT2D eigenvalue weighted by atomic mass is 9.96. The minimum atomic E-state index is -0.533. The molecule has 1 amide bonds. The summed E-state index contributed by atoms with van der Waals surface area (Å²) in [4.78, 5) is 17.4. The Hall–Kier alpha value is -3.31. The minimum Gasteiger partial charge on any atom is -0.497 e. The molecule has 1 fully saturated rings. The molecular weight excluding hydrogens is 400 g/mol. The molecule has 0 N–H and O–H groups in total. The molecule has 32 heavy (non-hydrogen) atoms. The molecule has 1 heterocycles. The van der Waals surface area contributed by atoms with Crippen LogP contribution in [0.25, 0.3) is 0 Å². The molecule has 3 aromatic carbocycles. The lowest BCUT2D eigenvalue weighted by Gasteiger charge is -2.40. The molecule has 1 saturated heterocycles. The SMILES string of the molecule is COc1ccc(O[C@@H](C)C(=O)N2CCN(C(c3ccccc3)c3ccccc3)CC2)cc1. The summed E-state index contributed by atoms with van der Waals surface area (Å²) in [6, 6.07) is 28.7. The standard InChI is InChI=1S/C27H30N2O3/c1-21(32-25-15-13-24(31-2)14-16-25)27(30)29-19-17-28(18-20-29)26(22-9-5-3-6-10-22)23-11-7-4-8-12-23/h3-16,21,26H,17-20H2,1-2H3/t21-/m0/s1. The molecule has 0 bridgehead atoms. The first kappa shape index (κ1) is 21.9. The molecule has 5 nitrogen and oxygen atoms in total. The van der Waals surface area contributed by atoms with Crippen LogP contribution in [0, 0.1) is 0 Å². The lowest BCUT2D eigenvalue weighted by Crippen LogP contribution is -2.52. The van der Waals surface area contributed by atoms with Crippen LogP contribution in [0.15, 0.2) is 84.9 Å². The van der Waals surface area contributed by atoms with Crippen molar-refractivity contribution < 1.29 is 14.3 Å². The third-order valence-corrected chi connectivity index (χ3v) is 5.94. The maximum Gasteiger partial charge on any atom is 0.263 e. The maximum atomic E-state index is 13.0. The highest BCUT2D eigenvalue weighted by molar-refractivity contribution is 5.81. The van der Waals surface area contributed by atoms with Gasteiger partial charge in [0.2, 0.25) is 0 Å². The highest BCUT2D eigenvalue weighted by Crippen LogP contribution is 2.29. The van der Waals surface area contributed by atoms with Gasteiger partial charge in [0.15, 0.2) is 6.10 Å². The van der Waals surface area contributed by atoms with Gasteiger partial charge in [-0.3, -0.25) is 9.69 Å². The van der Waals surface area contributed by atoms with E-state index in [0.29, 0.717) is 18.8 Å². The number of hydrogen-bond donors (Lipinski definition) is 0. The Bertz CT molecular complexity index is 945. The van der Waals surface area contributed by atoms with Gasteiger partial charge >= 0.3 is 0 Å². The molecule has 0 radical (unpaired) electrons. The van der Waals surface area contributed by atoms with E-state index in [1.807, 2.05) is 48.2 Å². The smallest absolute Gasteiger partial charge is 0.263 e. The molecular formula is C27H30N2O3. The van der Waals surface area contributed by atoms with Crippen LogP contribution in [0.4, 0.5) is 0 Å². The average molecular weight is 431 g/mol. The molecule has 3 aromatic rings. The molecule has 0 spiro atoms. The monoisotopic (exact) mass is 430 g/mol. The van der Waals surface area contributed by atoms with Crippen molar-refractivity contribution in [1.82, 2.24) is 9.80 Å². The largest absolute Gasteiger partial charge is 0.497 e. The number of amides is 1. The summed E-state index contributed by atoms with van der Waals surface area (Å²) in [6.07, 6.45) is -0.533. The Labute approximate surface area is 190 Å². The van der Waals surface area contributed by atoms with Crippen molar-refractivity contribution in [2.24, 2.45) is 0 Å². The van der Waals surface area contributed by atoms with Gasteiger partial charge in [0, 0.05) is 26.2 Å². The first-order valence-electron chi connectivity index (χ1n) is 11.1. The number of methoxy groups -OCH3 is 1. The van der Waals surface area contributed by atoms with E-state index in [0.717, 1.165) is 18.8 Å². The Morgan fingerprint density at radius 3 is 1.75 bits per heavy atom. The van der Waals surface area contributed by atoms with E-state index in [4.69, 9.17) is 9.47 Å². The highest BCUT2D eigenvalue weighted by Gasteiger charge is 2.30. The number of benzene rings is 3. The van der Waals surface area contributed by atoms with Crippen molar-refractivity contribution in [2.45, 2.75) is 19.1 Å². The van der Waals surface area contributed by atoms with Crippen LogP contribution in [0.2, 0.25) is 0 Å². The molecule has 0 aromatic heterocycles. The molecule has 166 valence electrons. The van der Waals surface area contributed by atoms with Gasteiger partial charge < -0.3 is 14.4 Å². The first-order valence-corrected chi connectivity index (χ1v) is 11.1. The predicted octanol–water partition coefficient (Wildman–Crippen LogP) is 4.40. The summed E-state index contributed by atoms with van der Waals surface area (Å²) >= 11 is 0. The Balaban J connectivity index is 1.40. The first-order chi connectivity index (χ1) is 15.7. The van der Waals surface area contributed by atoms with Crippen molar-refractivity contribution in [3.8, 4) is 11.5 Å². The van der Waals surface area contributed by atoms with E-state index in [-0.39, 0.29) is 11.9 Å². The molecule has 0 saturated carbocycles. The van der Waals surface area contributed by atoms with Crippen LogP contribution in [0.1, 0.15) is 24.1 Å². The number of ether oxygens (including phenoxy) is 2. The molecule has 0 aliphatic carbocycles. The Kier molecular flexibility index (Phi) is 7.07. The molecule has 4 rings (SSSR count). The molecule has 1 aliphatic rings. The second kappa shape index (κ2) is 10.3.